The van der Waals surface area contributed by atoms with E-state index in [9.17, 15) is 5.11 Å². The molecule has 1 aromatic rings. The average molecular weight is 227 g/mol. The second-order valence-electron chi connectivity index (χ2n) is 4.37. The SMILES string of the molecule is CC(C)CCC(CO)c1ccccc1Cl. The van der Waals surface area contributed by atoms with Crippen LogP contribution in [0.15, 0.2) is 24.3 Å². The summed E-state index contributed by atoms with van der Waals surface area (Å²) in [7, 11) is 0. The Morgan fingerprint density at radius 3 is 2.40 bits per heavy atom. The molecule has 0 saturated carbocycles. The van der Waals surface area contributed by atoms with Gasteiger partial charge in [-0.2, -0.15) is 0 Å². The average Bonchev–Trinajstić information content (AvgIpc) is 2.21. The van der Waals surface area contributed by atoms with E-state index >= 15 is 0 Å². The van der Waals surface area contributed by atoms with Crippen LogP contribution >= 0.6 is 11.6 Å². The van der Waals surface area contributed by atoms with Crippen LogP contribution in [0.2, 0.25) is 5.02 Å². The maximum Gasteiger partial charge on any atom is 0.0500 e. The number of hydrogen-bond acceptors (Lipinski definition) is 1. The molecule has 0 bridgehead atoms. The van der Waals surface area contributed by atoms with E-state index in [1.165, 1.54) is 0 Å². The topological polar surface area (TPSA) is 20.2 Å². The Kier molecular flexibility index (Phi) is 5.13. The van der Waals surface area contributed by atoms with E-state index in [-0.39, 0.29) is 12.5 Å². The van der Waals surface area contributed by atoms with Crippen LogP contribution in [0.1, 0.15) is 38.2 Å². The molecule has 0 fully saturated rings. The first-order chi connectivity index (χ1) is 7.15. The van der Waals surface area contributed by atoms with Crippen LogP contribution in [0.5, 0.6) is 0 Å². The summed E-state index contributed by atoms with van der Waals surface area (Å²) in [4.78, 5) is 0. The van der Waals surface area contributed by atoms with Gasteiger partial charge in [0.05, 0.1) is 0 Å². The molecule has 0 saturated heterocycles. The van der Waals surface area contributed by atoms with E-state index in [0.29, 0.717) is 5.92 Å². The summed E-state index contributed by atoms with van der Waals surface area (Å²) in [6, 6.07) is 7.78. The Morgan fingerprint density at radius 2 is 1.87 bits per heavy atom. The molecule has 1 N–H and O–H groups in total. The minimum atomic E-state index is 0.177. The van der Waals surface area contributed by atoms with Crippen LogP contribution in [0.25, 0.3) is 0 Å². The Hall–Kier alpha value is -0.530. The van der Waals surface area contributed by atoms with Gasteiger partial charge < -0.3 is 5.11 Å². The normalized spacial score (nSPS) is 13.1. The van der Waals surface area contributed by atoms with Gasteiger partial charge in [-0.1, -0.05) is 50.1 Å². The molecule has 0 aromatic heterocycles. The van der Waals surface area contributed by atoms with Gasteiger partial charge in [0.25, 0.3) is 0 Å². The minimum absolute atomic E-state index is 0.177. The molecule has 0 aliphatic heterocycles. The monoisotopic (exact) mass is 226 g/mol. The Labute approximate surface area is 97.1 Å². The Balaban J connectivity index is 2.70. The summed E-state index contributed by atoms with van der Waals surface area (Å²) in [5.41, 5.74) is 1.07. The van der Waals surface area contributed by atoms with Crippen molar-refractivity contribution in [3.05, 3.63) is 34.9 Å². The van der Waals surface area contributed by atoms with Crippen LogP contribution in [0.3, 0.4) is 0 Å². The van der Waals surface area contributed by atoms with Crippen molar-refractivity contribution in [2.24, 2.45) is 5.92 Å². The van der Waals surface area contributed by atoms with E-state index in [1.807, 2.05) is 24.3 Å². The lowest BCUT2D eigenvalue weighted by Gasteiger charge is -2.17. The molecule has 84 valence electrons. The first-order valence-electron chi connectivity index (χ1n) is 5.50. The van der Waals surface area contributed by atoms with Gasteiger partial charge in [-0.05, 0) is 24.0 Å². The van der Waals surface area contributed by atoms with Crippen molar-refractivity contribution in [2.45, 2.75) is 32.6 Å². The summed E-state index contributed by atoms with van der Waals surface area (Å²) in [5.74, 6) is 0.850. The van der Waals surface area contributed by atoms with Gasteiger partial charge in [-0.15, -0.1) is 0 Å². The molecule has 1 aromatic carbocycles. The molecule has 1 rings (SSSR count). The van der Waals surface area contributed by atoms with Crippen molar-refractivity contribution in [1.82, 2.24) is 0 Å². The molecular formula is C13H19ClO. The number of rotatable bonds is 5. The van der Waals surface area contributed by atoms with Crippen LogP contribution < -0.4 is 0 Å². The molecular weight excluding hydrogens is 208 g/mol. The molecule has 1 atom stereocenters. The van der Waals surface area contributed by atoms with Crippen LogP contribution in [-0.2, 0) is 0 Å². The Morgan fingerprint density at radius 1 is 1.20 bits per heavy atom. The lowest BCUT2D eigenvalue weighted by atomic mass is 9.92. The lowest BCUT2D eigenvalue weighted by Crippen LogP contribution is -2.06. The molecule has 1 nitrogen and oxygen atoms in total. The molecule has 0 spiro atoms. The van der Waals surface area contributed by atoms with Gasteiger partial charge in [0.15, 0.2) is 0 Å². The van der Waals surface area contributed by atoms with Gasteiger partial charge in [-0.25, -0.2) is 0 Å². The summed E-state index contributed by atoms with van der Waals surface area (Å²) in [5, 5.41) is 10.1. The largest absolute Gasteiger partial charge is 0.396 e. The van der Waals surface area contributed by atoms with Crippen molar-refractivity contribution in [1.29, 1.82) is 0 Å². The Bertz CT molecular complexity index is 296. The fourth-order valence-electron chi connectivity index (χ4n) is 1.69. The second-order valence-corrected chi connectivity index (χ2v) is 4.78. The zero-order valence-corrected chi connectivity index (χ0v) is 10.2. The number of aliphatic hydroxyl groups excluding tert-OH is 1. The van der Waals surface area contributed by atoms with E-state index in [0.717, 1.165) is 23.4 Å². The molecule has 0 amide bonds. The van der Waals surface area contributed by atoms with Crippen molar-refractivity contribution in [2.75, 3.05) is 6.61 Å². The summed E-state index contributed by atoms with van der Waals surface area (Å²) < 4.78 is 0. The van der Waals surface area contributed by atoms with Crippen LogP contribution in [0, 0.1) is 5.92 Å². The highest BCUT2D eigenvalue weighted by molar-refractivity contribution is 6.31. The molecule has 1 unspecified atom stereocenters. The summed E-state index contributed by atoms with van der Waals surface area (Å²) >= 11 is 6.10. The quantitative estimate of drug-likeness (QED) is 0.809. The van der Waals surface area contributed by atoms with E-state index in [2.05, 4.69) is 13.8 Å². The zero-order valence-electron chi connectivity index (χ0n) is 9.41. The van der Waals surface area contributed by atoms with E-state index in [4.69, 9.17) is 11.6 Å². The minimum Gasteiger partial charge on any atom is -0.396 e. The summed E-state index contributed by atoms with van der Waals surface area (Å²) in [6.45, 7) is 4.57. The smallest absolute Gasteiger partial charge is 0.0500 e. The van der Waals surface area contributed by atoms with Gasteiger partial charge in [-0.3, -0.25) is 0 Å². The summed E-state index contributed by atoms with van der Waals surface area (Å²) in [6.07, 6.45) is 2.12. The molecule has 0 heterocycles. The van der Waals surface area contributed by atoms with Gasteiger partial charge in [0.2, 0.25) is 0 Å². The van der Waals surface area contributed by atoms with Gasteiger partial charge >= 0.3 is 0 Å². The third kappa shape index (κ3) is 3.84. The number of benzene rings is 1. The van der Waals surface area contributed by atoms with Crippen LogP contribution in [0.4, 0.5) is 0 Å². The lowest BCUT2D eigenvalue weighted by molar-refractivity contribution is 0.253. The van der Waals surface area contributed by atoms with Gasteiger partial charge in [0, 0.05) is 17.5 Å². The van der Waals surface area contributed by atoms with Crippen molar-refractivity contribution < 1.29 is 5.11 Å². The fraction of sp³-hybridized carbons (Fsp3) is 0.538. The molecule has 2 heteroatoms. The van der Waals surface area contributed by atoms with Crippen LogP contribution in [-0.4, -0.2) is 11.7 Å². The standard InChI is InChI=1S/C13H19ClO/c1-10(2)7-8-11(9-15)12-5-3-4-6-13(12)14/h3-6,10-11,15H,7-9H2,1-2H3. The van der Waals surface area contributed by atoms with E-state index in [1.54, 1.807) is 0 Å². The fourth-order valence-corrected chi connectivity index (χ4v) is 1.98. The predicted molar refractivity (Wildman–Crippen MR) is 65.4 cm³/mol. The highest BCUT2D eigenvalue weighted by Gasteiger charge is 2.13. The van der Waals surface area contributed by atoms with Crippen molar-refractivity contribution in [3.8, 4) is 0 Å². The second kappa shape index (κ2) is 6.14. The number of hydrogen-bond donors (Lipinski definition) is 1. The zero-order chi connectivity index (χ0) is 11.3. The first kappa shape index (κ1) is 12.5. The molecule has 0 radical (unpaired) electrons. The molecule has 0 aliphatic rings. The maximum absolute atomic E-state index is 9.36. The first-order valence-corrected chi connectivity index (χ1v) is 5.88. The highest BCUT2D eigenvalue weighted by Crippen LogP contribution is 2.28. The third-order valence-electron chi connectivity index (χ3n) is 2.66. The third-order valence-corrected chi connectivity index (χ3v) is 3.00. The van der Waals surface area contributed by atoms with Crippen molar-refractivity contribution >= 4 is 11.6 Å². The molecule has 15 heavy (non-hydrogen) atoms. The number of halogens is 1. The molecule has 0 aliphatic carbocycles. The predicted octanol–water partition coefficient (Wildman–Crippen LogP) is 3.85. The van der Waals surface area contributed by atoms with Crippen molar-refractivity contribution in [3.63, 3.8) is 0 Å². The maximum atomic E-state index is 9.36. The number of aliphatic hydroxyl groups is 1. The van der Waals surface area contributed by atoms with E-state index < -0.39 is 0 Å². The van der Waals surface area contributed by atoms with Gasteiger partial charge in [0.1, 0.15) is 0 Å². The highest BCUT2D eigenvalue weighted by atomic mass is 35.5.